The van der Waals surface area contributed by atoms with Crippen molar-refractivity contribution in [2.45, 2.75) is 19.5 Å². The van der Waals surface area contributed by atoms with E-state index in [1.54, 1.807) is 12.1 Å². The van der Waals surface area contributed by atoms with Gasteiger partial charge in [-0.05, 0) is 24.3 Å². The average Bonchev–Trinajstić information content (AvgIpc) is 2.73. The van der Waals surface area contributed by atoms with Gasteiger partial charge in [0, 0.05) is 43.4 Å². The molecule has 0 fully saturated rings. The van der Waals surface area contributed by atoms with E-state index in [0.29, 0.717) is 11.5 Å². The number of fused-ring (bicyclic) bond motifs is 1. The molecule has 2 aromatic heterocycles. The Morgan fingerprint density at radius 2 is 2.07 bits per heavy atom. The summed E-state index contributed by atoms with van der Waals surface area (Å²) in [4.78, 5) is 27.3. The summed E-state index contributed by atoms with van der Waals surface area (Å²) in [6, 6.07) is 13.3. The molecule has 0 saturated carbocycles. The highest BCUT2D eigenvalue weighted by Gasteiger charge is 2.19. The van der Waals surface area contributed by atoms with Gasteiger partial charge in [0.25, 0.3) is 0 Å². The largest absolute Gasteiger partial charge is 0.465 e. The van der Waals surface area contributed by atoms with Crippen LogP contribution in [-0.4, -0.2) is 39.5 Å². The molecule has 0 bridgehead atoms. The normalized spacial score (nSPS) is 13.8. The molecule has 0 aliphatic carbocycles. The minimum Gasteiger partial charge on any atom is -0.465 e. The molecule has 0 radical (unpaired) electrons. The zero-order chi connectivity index (χ0) is 19.5. The molecule has 0 unspecified atom stereocenters. The number of nitrogen functional groups attached to an aromatic ring is 1. The number of nitrogens with zero attached hydrogens (tertiary/aromatic N) is 4. The number of ether oxygens (including phenoxy) is 1. The van der Waals surface area contributed by atoms with Crippen LogP contribution >= 0.6 is 0 Å². The van der Waals surface area contributed by atoms with Crippen LogP contribution in [0, 0.1) is 0 Å². The van der Waals surface area contributed by atoms with Gasteiger partial charge in [-0.2, -0.15) is 0 Å². The number of benzene rings is 1. The van der Waals surface area contributed by atoms with E-state index in [-0.39, 0.29) is 5.97 Å². The number of anilines is 1. The number of methoxy groups -OCH3 is 1. The van der Waals surface area contributed by atoms with Gasteiger partial charge in [0.2, 0.25) is 5.95 Å². The summed E-state index contributed by atoms with van der Waals surface area (Å²) in [6.45, 7) is 2.40. The van der Waals surface area contributed by atoms with Crippen LogP contribution in [-0.2, 0) is 24.2 Å². The Kier molecular flexibility index (Phi) is 4.99. The molecule has 0 atom stereocenters. The van der Waals surface area contributed by atoms with Gasteiger partial charge in [0.1, 0.15) is 0 Å². The van der Waals surface area contributed by atoms with Crippen molar-refractivity contribution in [3.63, 3.8) is 0 Å². The summed E-state index contributed by atoms with van der Waals surface area (Å²) in [7, 11) is 1.38. The molecule has 142 valence electrons. The lowest BCUT2D eigenvalue weighted by atomic mass is 10.1. The molecule has 3 heterocycles. The molecule has 3 aromatic rings. The Bertz CT molecular complexity index is 1020. The van der Waals surface area contributed by atoms with Crippen LogP contribution in [0.3, 0.4) is 0 Å². The summed E-state index contributed by atoms with van der Waals surface area (Å²) in [5.41, 5.74) is 11.0. The maximum atomic E-state index is 11.8. The first-order chi connectivity index (χ1) is 13.6. The van der Waals surface area contributed by atoms with E-state index in [0.717, 1.165) is 54.3 Å². The zero-order valence-corrected chi connectivity index (χ0v) is 15.6. The highest BCUT2D eigenvalue weighted by molar-refractivity contribution is 5.90. The van der Waals surface area contributed by atoms with Crippen molar-refractivity contribution in [3.05, 3.63) is 71.2 Å². The number of aromatic nitrogens is 3. The van der Waals surface area contributed by atoms with Gasteiger partial charge in [-0.1, -0.05) is 18.2 Å². The highest BCUT2D eigenvalue weighted by Crippen LogP contribution is 2.22. The van der Waals surface area contributed by atoms with Crippen LogP contribution < -0.4 is 5.73 Å². The molecule has 7 nitrogen and oxygen atoms in total. The molecule has 0 saturated heterocycles. The lowest BCUT2D eigenvalue weighted by molar-refractivity contribution is 0.0601. The second kappa shape index (κ2) is 7.74. The minimum absolute atomic E-state index is 0.329. The van der Waals surface area contributed by atoms with Crippen LogP contribution in [0.15, 0.2) is 48.7 Å². The maximum Gasteiger partial charge on any atom is 0.337 e. The van der Waals surface area contributed by atoms with Gasteiger partial charge in [-0.3, -0.25) is 9.88 Å². The van der Waals surface area contributed by atoms with Gasteiger partial charge in [-0.15, -0.1) is 0 Å². The Hall–Kier alpha value is -3.32. The lowest BCUT2D eigenvalue weighted by Crippen LogP contribution is -2.31. The molecule has 1 aliphatic rings. The number of hydrogen-bond acceptors (Lipinski definition) is 7. The fraction of sp³-hybridized carbons (Fsp3) is 0.238. The number of carbonyl (C=O) groups excluding carboxylic acids is 1. The number of esters is 1. The molecule has 2 N–H and O–H groups in total. The van der Waals surface area contributed by atoms with Gasteiger partial charge >= 0.3 is 5.97 Å². The standard InChI is InChI=1S/C21H21N5O2/c1-28-20(27)15-5-2-4-14(10-15)18-7-3-6-17(24-18)13-26-9-8-19-16(12-26)11-23-21(22)25-19/h2-7,10-11H,8-9,12-13H2,1H3,(H2,22,23,25). The SMILES string of the molecule is COC(=O)c1cccc(-c2cccc(CN3CCc4nc(N)ncc4C3)n2)c1. The van der Waals surface area contributed by atoms with Gasteiger partial charge in [0.15, 0.2) is 0 Å². The van der Waals surface area contributed by atoms with E-state index in [9.17, 15) is 4.79 Å². The highest BCUT2D eigenvalue weighted by atomic mass is 16.5. The summed E-state index contributed by atoms with van der Waals surface area (Å²) in [5, 5.41) is 0. The van der Waals surface area contributed by atoms with E-state index in [1.807, 2.05) is 36.5 Å². The van der Waals surface area contributed by atoms with Gasteiger partial charge in [0.05, 0.1) is 29.8 Å². The third-order valence-electron chi connectivity index (χ3n) is 4.80. The van der Waals surface area contributed by atoms with Crippen molar-refractivity contribution in [3.8, 4) is 11.3 Å². The van der Waals surface area contributed by atoms with Gasteiger partial charge < -0.3 is 10.5 Å². The Morgan fingerprint density at radius 1 is 1.21 bits per heavy atom. The Labute approximate surface area is 163 Å². The monoisotopic (exact) mass is 375 g/mol. The van der Waals surface area contributed by atoms with Crippen LogP contribution in [0.1, 0.15) is 27.3 Å². The maximum absolute atomic E-state index is 11.8. The smallest absolute Gasteiger partial charge is 0.337 e. The van der Waals surface area contributed by atoms with Crippen LogP contribution in [0.2, 0.25) is 0 Å². The van der Waals surface area contributed by atoms with Gasteiger partial charge in [-0.25, -0.2) is 14.8 Å². The quantitative estimate of drug-likeness (QED) is 0.700. The summed E-state index contributed by atoms with van der Waals surface area (Å²) >= 11 is 0. The first kappa shape index (κ1) is 18.1. The Balaban J connectivity index is 1.52. The predicted molar refractivity (Wildman–Crippen MR) is 105 cm³/mol. The van der Waals surface area contributed by atoms with E-state index < -0.39 is 0 Å². The van der Waals surface area contributed by atoms with E-state index >= 15 is 0 Å². The summed E-state index contributed by atoms with van der Waals surface area (Å²) < 4.78 is 4.80. The molecule has 4 rings (SSSR count). The van der Waals surface area contributed by atoms with Crippen LogP contribution in [0.4, 0.5) is 5.95 Å². The van der Waals surface area contributed by atoms with Crippen molar-refractivity contribution < 1.29 is 9.53 Å². The van der Waals surface area contributed by atoms with Crippen LogP contribution in [0.25, 0.3) is 11.3 Å². The Morgan fingerprint density at radius 3 is 2.93 bits per heavy atom. The predicted octanol–water partition coefficient (Wildman–Crippen LogP) is 2.47. The minimum atomic E-state index is -0.354. The fourth-order valence-electron chi connectivity index (χ4n) is 3.41. The van der Waals surface area contributed by atoms with Crippen LogP contribution in [0.5, 0.6) is 0 Å². The van der Waals surface area contributed by atoms with Crippen molar-refractivity contribution in [1.29, 1.82) is 0 Å². The summed E-state index contributed by atoms with van der Waals surface area (Å²) in [6.07, 6.45) is 2.66. The average molecular weight is 375 g/mol. The molecule has 1 aromatic carbocycles. The molecule has 0 amide bonds. The number of carbonyl (C=O) groups is 1. The fourth-order valence-corrected chi connectivity index (χ4v) is 3.41. The second-order valence-corrected chi connectivity index (χ2v) is 6.75. The molecule has 7 heteroatoms. The van der Waals surface area contributed by atoms with E-state index in [1.165, 1.54) is 7.11 Å². The first-order valence-electron chi connectivity index (χ1n) is 9.09. The third-order valence-corrected chi connectivity index (χ3v) is 4.80. The molecular formula is C21H21N5O2. The van der Waals surface area contributed by atoms with Crippen molar-refractivity contribution in [2.75, 3.05) is 19.4 Å². The van der Waals surface area contributed by atoms with E-state index in [4.69, 9.17) is 15.5 Å². The number of nitrogens with two attached hydrogens (primary N) is 1. The lowest BCUT2D eigenvalue weighted by Gasteiger charge is -2.27. The van der Waals surface area contributed by atoms with Crippen molar-refractivity contribution in [2.24, 2.45) is 0 Å². The zero-order valence-electron chi connectivity index (χ0n) is 15.6. The number of hydrogen-bond donors (Lipinski definition) is 1. The third kappa shape index (κ3) is 3.84. The van der Waals surface area contributed by atoms with Crippen molar-refractivity contribution in [1.82, 2.24) is 19.9 Å². The van der Waals surface area contributed by atoms with Crippen molar-refractivity contribution >= 4 is 11.9 Å². The second-order valence-electron chi connectivity index (χ2n) is 6.75. The molecule has 1 aliphatic heterocycles. The van der Waals surface area contributed by atoms with E-state index in [2.05, 4.69) is 14.9 Å². The topological polar surface area (TPSA) is 94.2 Å². The molecule has 28 heavy (non-hydrogen) atoms. The first-order valence-corrected chi connectivity index (χ1v) is 9.09. The number of rotatable bonds is 4. The molecule has 0 spiro atoms. The summed E-state index contributed by atoms with van der Waals surface area (Å²) in [5.74, 6) is -0.0244. The molecular weight excluding hydrogens is 354 g/mol. The number of pyridine rings is 1.